The van der Waals surface area contributed by atoms with E-state index >= 15 is 0 Å². The van der Waals surface area contributed by atoms with Crippen molar-refractivity contribution in [3.8, 4) is 0 Å². The summed E-state index contributed by atoms with van der Waals surface area (Å²) in [5.74, 6) is 1.25. The third-order valence-electron chi connectivity index (χ3n) is 5.19. The number of nitrogens with one attached hydrogen (secondary N) is 2. The Labute approximate surface area is 182 Å². The average Bonchev–Trinajstić information content (AvgIpc) is 3.06. The number of nitrogens with zero attached hydrogens (tertiary/aromatic N) is 5. The second-order valence-electron chi connectivity index (χ2n) is 7.28. The van der Waals surface area contributed by atoms with Gasteiger partial charge in [-0.1, -0.05) is 18.2 Å². The Bertz CT molecular complexity index is 1270. The van der Waals surface area contributed by atoms with Crippen LogP contribution in [-0.2, 0) is 13.5 Å². The molecule has 5 rings (SSSR count). The molecule has 8 heteroatoms. The number of aromatic nitrogens is 4. The van der Waals surface area contributed by atoms with Crippen molar-refractivity contribution in [3.63, 3.8) is 0 Å². The van der Waals surface area contributed by atoms with Crippen molar-refractivity contribution in [1.29, 1.82) is 0 Å². The Morgan fingerprint density at radius 3 is 2.90 bits per heavy atom. The van der Waals surface area contributed by atoms with Crippen LogP contribution in [0.25, 0.3) is 11.0 Å². The molecule has 0 saturated heterocycles. The summed E-state index contributed by atoms with van der Waals surface area (Å²) in [6.07, 6.45) is 4.71. The van der Waals surface area contributed by atoms with E-state index in [1.807, 2.05) is 25.4 Å². The average molecular weight is 462 g/mol. The van der Waals surface area contributed by atoms with Gasteiger partial charge in [-0.05, 0) is 64.2 Å². The summed E-state index contributed by atoms with van der Waals surface area (Å²) in [6.45, 7) is 2.91. The molecule has 0 unspecified atom stereocenters. The van der Waals surface area contributed by atoms with Gasteiger partial charge in [0.1, 0.15) is 0 Å². The Kier molecular flexibility index (Phi) is 4.71. The number of hydrogen-bond donors (Lipinski definition) is 2. The number of fused-ring (bicyclic) bond motifs is 2. The van der Waals surface area contributed by atoms with Gasteiger partial charge < -0.3 is 10.6 Å². The normalized spacial score (nSPS) is 12.8. The van der Waals surface area contributed by atoms with E-state index in [-0.39, 0.29) is 0 Å². The summed E-state index contributed by atoms with van der Waals surface area (Å²) in [7, 11) is 1.88. The molecule has 0 bridgehead atoms. The lowest BCUT2D eigenvalue weighted by Gasteiger charge is -2.12. The van der Waals surface area contributed by atoms with Gasteiger partial charge in [-0.3, -0.25) is 4.99 Å². The Morgan fingerprint density at radius 2 is 2.03 bits per heavy atom. The van der Waals surface area contributed by atoms with Crippen molar-refractivity contribution in [3.05, 3.63) is 63.8 Å². The fourth-order valence-electron chi connectivity index (χ4n) is 3.60. The molecule has 30 heavy (non-hydrogen) atoms. The Balaban J connectivity index is 1.46. The van der Waals surface area contributed by atoms with Gasteiger partial charge in [-0.15, -0.1) is 0 Å². The van der Waals surface area contributed by atoms with Crippen molar-refractivity contribution in [2.75, 3.05) is 17.2 Å². The van der Waals surface area contributed by atoms with E-state index in [1.165, 1.54) is 5.56 Å². The number of rotatable bonds is 4. The van der Waals surface area contributed by atoms with Crippen LogP contribution >= 0.6 is 15.9 Å². The molecule has 150 valence electrons. The summed E-state index contributed by atoms with van der Waals surface area (Å²) in [4.78, 5) is 13.6. The second kappa shape index (κ2) is 7.53. The van der Waals surface area contributed by atoms with Gasteiger partial charge in [0.25, 0.3) is 0 Å². The SMILES string of the molecule is Cc1cccc(Br)c1Nc1nn(C)c2nc(Nc3ccc4c(c3)C=NCC4)ncc12. The van der Waals surface area contributed by atoms with Crippen LogP contribution in [0.4, 0.5) is 23.1 Å². The van der Waals surface area contributed by atoms with E-state index in [0.717, 1.165) is 56.8 Å². The highest BCUT2D eigenvalue weighted by atomic mass is 79.9. The second-order valence-corrected chi connectivity index (χ2v) is 8.14. The van der Waals surface area contributed by atoms with Crippen molar-refractivity contribution in [2.24, 2.45) is 12.0 Å². The predicted octanol–water partition coefficient (Wildman–Crippen LogP) is 4.90. The molecule has 2 aromatic heterocycles. The molecule has 4 aromatic rings. The van der Waals surface area contributed by atoms with E-state index in [4.69, 9.17) is 0 Å². The number of anilines is 4. The lowest BCUT2D eigenvalue weighted by atomic mass is 10.0. The van der Waals surface area contributed by atoms with Crippen molar-refractivity contribution < 1.29 is 0 Å². The van der Waals surface area contributed by atoms with Gasteiger partial charge >= 0.3 is 0 Å². The molecule has 0 fully saturated rings. The molecule has 2 N–H and O–H groups in total. The highest BCUT2D eigenvalue weighted by molar-refractivity contribution is 9.10. The van der Waals surface area contributed by atoms with Gasteiger partial charge in [0.2, 0.25) is 5.95 Å². The van der Waals surface area contributed by atoms with E-state index in [1.54, 1.807) is 10.9 Å². The number of hydrogen-bond acceptors (Lipinski definition) is 6. The van der Waals surface area contributed by atoms with E-state index < -0.39 is 0 Å². The predicted molar refractivity (Wildman–Crippen MR) is 124 cm³/mol. The van der Waals surface area contributed by atoms with E-state index in [9.17, 15) is 0 Å². The van der Waals surface area contributed by atoms with Crippen LogP contribution in [-0.4, -0.2) is 32.5 Å². The number of benzene rings is 2. The maximum atomic E-state index is 4.68. The lowest BCUT2D eigenvalue weighted by Crippen LogP contribution is -2.04. The molecule has 1 aliphatic rings. The summed E-state index contributed by atoms with van der Waals surface area (Å²) >= 11 is 3.60. The number of halogens is 1. The Hall–Kier alpha value is -3.26. The minimum atomic E-state index is 0.529. The van der Waals surface area contributed by atoms with Gasteiger partial charge in [0, 0.05) is 36.2 Å². The number of aliphatic imine (C=N–C) groups is 1. The topological polar surface area (TPSA) is 80.0 Å². The van der Waals surface area contributed by atoms with Crippen LogP contribution in [0.1, 0.15) is 16.7 Å². The number of para-hydroxylation sites is 1. The molecule has 3 heterocycles. The molecule has 0 aliphatic carbocycles. The van der Waals surface area contributed by atoms with Crippen molar-refractivity contribution in [1.82, 2.24) is 19.7 Å². The molecule has 0 amide bonds. The first-order valence-electron chi connectivity index (χ1n) is 9.70. The molecule has 0 atom stereocenters. The first-order valence-corrected chi connectivity index (χ1v) is 10.5. The van der Waals surface area contributed by atoms with Gasteiger partial charge in [0.15, 0.2) is 11.5 Å². The zero-order valence-corrected chi connectivity index (χ0v) is 18.2. The summed E-state index contributed by atoms with van der Waals surface area (Å²) in [5.41, 5.74) is 6.25. The van der Waals surface area contributed by atoms with Crippen LogP contribution in [0.3, 0.4) is 0 Å². The minimum absolute atomic E-state index is 0.529. The zero-order valence-electron chi connectivity index (χ0n) is 16.6. The van der Waals surface area contributed by atoms with Crippen LogP contribution < -0.4 is 10.6 Å². The molecule has 0 spiro atoms. The first-order chi connectivity index (χ1) is 14.6. The fourth-order valence-corrected chi connectivity index (χ4v) is 4.16. The molecule has 1 aliphatic heterocycles. The maximum absolute atomic E-state index is 4.68. The monoisotopic (exact) mass is 461 g/mol. The van der Waals surface area contributed by atoms with E-state index in [0.29, 0.717) is 5.95 Å². The summed E-state index contributed by atoms with van der Waals surface area (Å²) in [6, 6.07) is 12.3. The molecular formula is C22H20BrN7. The number of aryl methyl sites for hydroxylation is 2. The van der Waals surface area contributed by atoms with Gasteiger partial charge in [0.05, 0.1) is 11.1 Å². The van der Waals surface area contributed by atoms with Crippen molar-refractivity contribution >= 4 is 56.3 Å². The molecule has 0 saturated carbocycles. The maximum Gasteiger partial charge on any atom is 0.229 e. The van der Waals surface area contributed by atoms with Crippen LogP contribution in [0, 0.1) is 6.92 Å². The van der Waals surface area contributed by atoms with Gasteiger partial charge in [-0.2, -0.15) is 10.1 Å². The summed E-state index contributed by atoms with van der Waals surface area (Å²) in [5, 5.41) is 12.2. The smallest absolute Gasteiger partial charge is 0.229 e. The largest absolute Gasteiger partial charge is 0.337 e. The fraction of sp³-hybridized carbons (Fsp3) is 0.182. The standard InChI is InChI=1S/C22H20BrN7/c1-13-4-3-5-18(23)19(13)27-20-17-12-25-22(28-21(17)30(2)29-20)26-16-7-6-14-8-9-24-11-15(14)10-16/h3-7,10-12H,8-9H2,1-2H3,(H,27,29)(H,25,26,28). The third-order valence-corrected chi connectivity index (χ3v) is 5.85. The molecule has 0 radical (unpaired) electrons. The van der Waals surface area contributed by atoms with Crippen molar-refractivity contribution in [2.45, 2.75) is 13.3 Å². The van der Waals surface area contributed by atoms with Crippen LogP contribution in [0.2, 0.25) is 0 Å². The minimum Gasteiger partial charge on any atom is -0.337 e. The summed E-state index contributed by atoms with van der Waals surface area (Å²) < 4.78 is 2.74. The molecule has 7 nitrogen and oxygen atoms in total. The highest BCUT2D eigenvalue weighted by Gasteiger charge is 2.14. The van der Waals surface area contributed by atoms with Crippen LogP contribution in [0.15, 0.2) is 52.1 Å². The zero-order chi connectivity index (χ0) is 20.7. The first kappa shape index (κ1) is 18.7. The van der Waals surface area contributed by atoms with Crippen LogP contribution in [0.5, 0.6) is 0 Å². The Morgan fingerprint density at radius 1 is 1.13 bits per heavy atom. The van der Waals surface area contributed by atoms with Gasteiger partial charge in [-0.25, -0.2) is 9.67 Å². The molecule has 2 aromatic carbocycles. The highest BCUT2D eigenvalue weighted by Crippen LogP contribution is 2.31. The third kappa shape index (κ3) is 3.43. The molecular weight excluding hydrogens is 442 g/mol. The lowest BCUT2D eigenvalue weighted by molar-refractivity contribution is 0.789. The van der Waals surface area contributed by atoms with E-state index in [2.05, 4.69) is 77.8 Å². The quantitative estimate of drug-likeness (QED) is 0.451.